The van der Waals surface area contributed by atoms with Crippen LogP contribution in [0.3, 0.4) is 0 Å². The fraction of sp³-hybridized carbons (Fsp3) is 0.474. The number of benzene rings is 1. The Kier molecular flexibility index (Phi) is 5.58. The van der Waals surface area contributed by atoms with Crippen LogP contribution in [0.15, 0.2) is 40.8 Å². The number of halogens is 1. The first kappa shape index (κ1) is 15.6. The van der Waals surface area contributed by atoms with E-state index in [1.807, 2.05) is 30.3 Å². The van der Waals surface area contributed by atoms with E-state index in [0.717, 1.165) is 28.7 Å². The molecule has 1 aliphatic carbocycles. The van der Waals surface area contributed by atoms with E-state index in [2.05, 4.69) is 11.4 Å². The third-order valence-corrected chi connectivity index (χ3v) is 4.80. The van der Waals surface area contributed by atoms with Gasteiger partial charge in [0, 0.05) is 11.6 Å². The minimum atomic E-state index is 0.633. The van der Waals surface area contributed by atoms with Crippen molar-refractivity contribution >= 4 is 11.6 Å². The molecular weight excluding hydrogens is 294 g/mol. The van der Waals surface area contributed by atoms with E-state index in [1.54, 1.807) is 0 Å². The van der Waals surface area contributed by atoms with Crippen LogP contribution in [-0.2, 0) is 6.54 Å². The predicted molar refractivity (Wildman–Crippen MR) is 92.1 cm³/mol. The van der Waals surface area contributed by atoms with E-state index in [1.165, 1.54) is 44.9 Å². The van der Waals surface area contributed by atoms with Gasteiger partial charge in [-0.15, -0.1) is 0 Å². The molecule has 1 aromatic carbocycles. The quantitative estimate of drug-likeness (QED) is 0.770. The van der Waals surface area contributed by atoms with Gasteiger partial charge in [-0.3, -0.25) is 0 Å². The van der Waals surface area contributed by atoms with Gasteiger partial charge in [-0.25, -0.2) is 0 Å². The summed E-state index contributed by atoms with van der Waals surface area (Å²) in [7, 11) is 0. The summed E-state index contributed by atoms with van der Waals surface area (Å²) >= 11 is 6.22. The molecule has 1 N–H and O–H groups in total. The van der Waals surface area contributed by atoms with Crippen molar-refractivity contribution in [2.24, 2.45) is 0 Å². The Bertz CT molecular complexity index is 585. The van der Waals surface area contributed by atoms with Crippen LogP contribution in [-0.4, -0.2) is 6.04 Å². The summed E-state index contributed by atoms with van der Waals surface area (Å²) < 4.78 is 5.95. The van der Waals surface area contributed by atoms with E-state index < -0.39 is 0 Å². The second-order valence-electron chi connectivity index (χ2n) is 6.17. The highest BCUT2D eigenvalue weighted by Gasteiger charge is 2.12. The number of nitrogens with one attached hydrogen (secondary N) is 1. The van der Waals surface area contributed by atoms with Gasteiger partial charge < -0.3 is 9.73 Å². The van der Waals surface area contributed by atoms with Crippen LogP contribution in [0, 0.1) is 0 Å². The first-order valence-corrected chi connectivity index (χ1v) is 8.78. The standard InChI is InChI=1S/C19H24ClNO/c20-18-11-7-6-10-17(18)19-13-12-16(22-19)14-21-15-8-4-2-1-3-5-9-15/h6-7,10-13,15,21H,1-5,8-9,14H2. The average molecular weight is 318 g/mol. The highest BCUT2D eigenvalue weighted by molar-refractivity contribution is 6.33. The van der Waals surface area contributed by atoms with Crippen molar-refractivity contribution in [3.05, 3.63) is 47.2 Å². The van der Waals surface area contributed by atoms with Gasteiger partial charge in [-0.1, -0.05) is 55.8 Å². The minimum Gasteiger partial charge on any atom is -0.460 e. The fourth-order valence-electron chi connectivity index (χ4n) is 3.18. The van der Waals surface area contributed by atoms with Crippen molar-refractivity contribution in [2.45, 2.75) is 57.5 Å². The largest absolute Gasteiger partial charge is 0.460 e. The molecule has 2 aromatic rings. The number of furan rings is 1. The van der Waals surface area contributed by atoms with E-state index in [4.69, 9.17) is 16.0 Å². The highest BCUT2D eigenvalue weighted by Crippen LogP contribution is 2.29. The third-order valence-electron chi connectivity index (χ3n) is 4.47. The lowest BCUT2D eigenvalue weighted by atomic mass is 9.97. The van der Waals surface area contributed by atoms with Gasteiger partial charge in [0.25, 0.3) is 0 Å². The molecule has 0 bridgehead atoms. The summed E-state index contributed by atoms with van der Waals surface area (Å²) in [6, 6.07) is 12.5. The van der Waals surface area contributed by atoms with E-state index in [9.17, 15) is 0 Å². The Labute approximate surface area is 137 Å². The second-order valence-corrected chi connectivity index (χ2v) is 6.58. The zero-order chi connectivity index (χ0) is 15.2. The van der Waals surface area contributed by atoms with Crippen molar-refractivity contribution in [2.75, 3.05) is 0 Å². The second kappa shape index (κ2) is 7.85. The molecule has 1 aliphatic rings. The minimum absolute atomic E-state index is 0.633. The highest BCUT2D eigenvalue weighted by atomic mass is 35.5. The zero-order valence-corrected chi connectivity index (χ0v) is 13.7. The van der Waals surface area contributed by atoms with Gasteiger partial charge in [-0.2, -0.15) is 0 Å². The Balaban J connectivity index is 1.58. The van der Waals surface area contributed by atoms with Crippen molar-refractivity contribution in [3.63, 3.8) is 0 Å². The molecule has 0 aliphatic heterocycles. The van der Waals surface area contributed by atoms with Gasteiger partial charge in [-0.05, 0) is 37.1 Å². The van der Waals surface area contributed by atoms with Crippen LogP contribution < -0.4 is 5.32 Å². The van der Waals surface area contributed by atoms with E-state index in [-0.39, 0.29) is 0 Å². The van der Waals surface area contributed by atoms with E-state index >= 15 is 0 Å². The van der Waals surface area contributed by atoms with Crippen LogP contribution in [0.5, 0.6) is 0 Å². The molecule has 0 unspecified atom stereocenters. The molecule has 1 aromatic heterocycles. The van der Waals surface area contributed by atoms with Crippen LogP contribution in [0.4, 0.5) is 0 Å². The first-order valence-electron chi connectivity index (χ1n) is 8.40. The summed E-state index contributed by atoms with van der Waals surface area (Å²) in [6.07, 6.45) is 9.45. The maximum atomic E-state index is 6.22. The van der Waals surface area contributed by atoms with Gasteiger partial charge in [0.15, 0.2) is 0 Å². The monoisotopic (exact) mass is 317 g/mol. The Morgan fingerprint density at radius 2 is 1.68 bits per heavy atom. The smallest absolute Gasteiger partial charge is 0.135 e. The molecule has 22 heavy (non-hydrogen) atoms. The van der Waals surface area contributed by atoms with Crippen LogP contribution in [0.25, 0.3) is 11.3 Å². The SMILES string of the molecule is Clc1ccccc1-c1ccc(CNC2CCCCCCC2)o1. The predicted octanol–water partition coefficient (Wildman–Crippen LogP) is 5.80. The van der Waals surface area contributed by atoms with Gasteiger partial charge in [0.05, 0.1) is 11.6 Å². The van der Waals surface area contributed by atoms with Crippen molar-refractivity contribution < 1.29 is 4.42 Å². The Hall–Kier alpha value is -1.25. The molecule has 0 atom stereocenters. The summed E-state index contributed by atoms with van der Waals surface area (Å²) in [6.45, 7) is 0.801. The molecule has 0 radical (unpaired) electrons. The summed E-state index contributed by atoms with van der Waals surface area (Å²) in [5, 5.41) is 4.39. The molecule has 118 valence electrons. The molecule has 1 saturated carbocycles. The summed E-state index contributed by atoms with van der Waals surface area (Å²) in [5.41, 5.74) is 0.960. The molecule has 0 spiro atoms. The molecular formula is C19H24ClNO. The van der Waals surface area contributed by atoms with Gasteiger partial charge in [0.2, 0.25) is 0 Å². The Morgan fingerprint density at radius 1 is 0.955 bits per heavy atom. The van der Waals surface area contributed by atoms with Crippen molar-refractivity contribution in [1.82, 2.24) is 5.32 Å². The summed E-state index contributed by atoms with van der Waals surface area (Å²) in [4.78, 5) is 0. The average Bonchev–Trinajstić information content (AvgIpc) is 2.95. The molecule has 3 rings (SSSR count). The molecule has 1 fully saturated rings. The van der Waals surface area contributed by atoms with E-state index in [0.29, 0.717) is 6.04 Å². The Morgan fingerprint density at radius 3 is 2.45 bits per heavy atom. The van der Waals surface area contributed by atoms with Crippen LogP contribution in [0.2, 0.25) is 5.02 Å². The maximum absolute atomic E-state index is 6.22. The number of hydrogen-bond donors (Lipinski definition) is 1. The molecule has 0 saturated heterocycles. The molecule has 2 nitrogen and oxygen atoms in total. The zero-order valence-electron chi connectivity index (χ0n) is 13.0. The lowest BCUT2D eigenvalue weighted by Gasteiger charge is -2.20. The van der Waals surface area contributed by atoms with Gasteiger partial charge in [0.1, 0.15) is 11.5 Å². The van der Waals surface area contributed by atoms with Crippen LogP contribution >= 0.6 is 11.6 Å². The topological polar surface area (TPSA) is 25.2 Å². The normalized spacial score (nSPS) is 17.1. The number of hydrogen-bond acceptors (Lipinski definition) is 2. The maximum Gasteiger partial charge on any atom is 0.135 e. The summed E-state index contributed by atoms with van der Waals surface area (Å²) in [5.74, 6) is 1.83. The van der Waals surface area contributed by atoms with Crippen molar-refractivity contribution in [1.29, 1.82) is 0 Å². The van der Waals surface area contributed by atoms with Crippen molar-refractivity contribution in [3.8, 4) is 11.3 Å². The first-order chi connectivity index (χ1) is 10.8. The van der Waals surface area contributed by atoms with Crippen LogP contribution in [0.1, 0.15) is 50.7 Å². The van der Waals surface area contributed by atoms with Gasteiger partial charge >= 0.3 is 0 Å². The fourth-order valence-corrected chi connectivity index (χ4v) is 3.41. The number of rotatable bonds is 4. The molecule has 3 heteroatoms. The lowest BCUT2D eigenvalue weighted by molar-refractivity contribution is 0.373. The molecule has 1 heterocycles. The third kappa shape index (κ3) is 4.15. The lowest BCUT2D eigenvalue weighted by Crippen LogP contribution is -2.29. The molecule has 0 amide bonds.